The molecule has 0 fully saturated rings. The Morgan fingerprint density at radius 1 is 0.560 bits per heavy atom. The van der Waals surface area contributed by atoms with Crippen molar-refractivity contribution in [3.05, 3.63) is 5.32 Å². The Morgan fingerprint density at radius 2 is 0.760 bits per heavy atom. The number of nitrogens with zero attached hydrogens (tertiary/aromatic N) is 1. The van der Waals surface area contributed by atoms with Gasteiger partial charge >= 0.3 is 28.2 Å². The fourth-order valence-electron chi connectivity index (χ4n) is 4.24. The van der Waals surface area contributed by atoms with Gasteiger partial charge in [0.15, 0.2) is 0 Å². The summed E-state index contributed by atoms with van der Waals surface area (Å²) >= 11 is 1.61. The van der Waals surface area contributed by atoms with Crippen LogP contribution in [0.15, 0.2) is 0 Å². The predicted octanol–water partition coefficient (Wildman–Crippen LogP) is 7.67. The van der Waals surface area contributed by atoms with Gasteiger partial charge in [-0.2, -0.15) is 0 Å². The molecule has 0 amide bonds. The molecule has 0 aliphatic heterocycles. The molecule has 0 radical (unpaired) electrons. The van der Waals surface area contributed by atoms with E-state index < -0.39 is 15.8 Å². The molecule has 0 aromatic carbocycles. The minimum absolute atomic E-state index is 0.418. The van der Waals surface area contributed by atoms with Gasteiger partial charge in [0, 0.05) is 28.2 Å². The van der Waals surface area contributed by atoms with Gasteiger partial charge in [0.1, 0.15) is 0 Å². The third kappa shape index (κ3) is 12.8. The van der Waals surface area contributed by atoms with E-state index in [0.29, 0.717) is 20.6 Å². The van der Waals surface area contributed by atoms with E-state index in [-0.39, 0.29) is 0 Å². The van der Waals surface area contributed by atoms with E-state index in [0.717, 1.165) is 13.1 Å². The van der Waals surface area contributed by atoms with E-state index >= 15 is 0 Å². The van der Waals surface area contributed by atoms with Crippen LogP contribution in [0.1, 0.15) is 83.1 Å². The first-order valence-corrected chi connectivity index (χ1v) is 15.7. The first-order chi connectivity index (χ1) is 11.0. The summed E-state index contributed by atoms with van der Waals surface area (Å²) in [6.45, 7) is 31.2. The van der Waals surface area contributed by atoms with E-state index in [9.17, 15) is 0 Å². The molecule has 1 nitrogen and oxygen atoms in total. The standard InChI is InChI=1S/C20H44NP2.ClH.Pt/c1-17(2,3)22(18(4,5)6)15-13-21-14-16-23(19(7,8)9)20(10,11)12;;/h13-16H2,1-12H3;1H;/q-1;;+2/p+1. The Hall–Kier alpha value is 1.80. The molecule has 0 atom stereocenters. The zero-order chi connectivity index (χ0) is 20.7. The molecule has 5 heteroatoms. The zero-order valence-corrected chi connectivity index (χ0v) is 24.0. The van der Waals surface area contributed by atoms with Crippen LogP contribution in [0.4, 0.5) is 0 Å². The molecular weight excluding hydrogens is 547 g/mol. The molecule has 0 rings (SSSR count). The van der Waals surface area contributed by atoms with Crippen molar-refractivity contribution in [3.63, 3.8) is 0 Å². The van der Waals surface area contributed by atoms with Crippen LogP contribution in [0.5, 0.6) is 0 Å². The van der Waals surface area contributed by atoms with Gasteiger partial charge in [-0.05, 0) is 83.1 Å². The van der Waals surface area contributed by atoms with Gasteiger partial charge in [-0.3, -0.25) is 0 Å². The zero-order valence-electron chi connectivity index (χ0n) is 19.0. The van der Waals surface area contributed by atoms with Gasteiger partial charge in [0.05, 0.1) is 20.6 Å². The second-order valence-electron chi connectivity index (χ2n) is 11.1. The predicted molar refractivity (Wildman–Crippen MR) is 124 cm³/mol. The molecule has 0 saturated carbocycles. The fourth-order valence-corrected chi connectivity index (χ4v) is 12.5. The van der Waals surface area contributed by atoms with Crippen molar-refractivity contribution < 1.29 is 18.8 Å². The molecule has 0 N–H and O–H groups in total. The molecule has 0 aliphatic carbocycles. The van der Waals surface area contributed by atoms with Crippen molar-refractivity contribution in [1.29, 1.82) is 0 Å². The molecular formula is C20H46ClNP2Pt+2. The van der Waals surface area contributed by atoms with Crippen LogP contribution < -0.4 is 0 Å². The van der Waals surface area contributed by atoms with E-state index in [4.69, 9.17) is 5.32 Å². The van der Waals surface area contributed by atoms with Crippen LogP contribution in [0.2, 0.25) is 0 Å². The van der Waals surface area contributed by atoms with Crippen molar-refractivity contribution in [1.82, 2.24) is 0 Å². The summed E-state index contributed by atoms with van der Waals surface area (Å²) in [5.41, 5.74) is 0. The third-order valence-electron chi connectivity index (χ3n) is 4.66. The monoisotopic (exact) mass is 592 g/mol. The minimum atomic E-state index is -0.418. The molecule has 0 heterocycles. The van der Waals surface area contributed by atoms with Gasteiger partial charge in [0.2, 0.25) is 0 Å². The van der Waals surface area contributed by atoms with Crippen molar-refractivity contribution >= 4 is 25.3 Å². The number of hydrogen-bond donors (Lipinski definition) is 0. The molecule has 25 heavy (non-hydrogen) atoms. The van der Waals surface area contributed by atoms with Crippen LogP contribution in [-0.4, -0.2) is 46.0 Å². The number of rotatable bonds is 6. The van der Waals surface area contributed by atoms with E-state index in [2.05, 4.69) is 92.5 Å². The molecule has 0 aliphatic rings. The Balaban J connectivity index is 0. The molecule has 0 spiro atoms. The SMILES string of the molecule is CC(C)(C)[PH+](CC[N-]CC[PH+](C(C)(C)C)C(C)(C)C)C(C)(C)C.[Cl][Pt+]. The van der Waals surface area contributed by atoms with Crippen molar-refractivity contribution in [2.24, 2.45) is 0 Å². The third-order valence-corrected chi connectivity index (χ3v) is 13.4. The van der Waals surface area contributed by atoms with Crippen LogP contribution in [0, 0.1) is 0 Å². The Kier molecular flexibility index (Phi) is 13.6. The normalized spacial score (nSPS) is 14.0. The first kappa shape index (κ1) is 29.0. The van der Waals surface area contributed by atoms with Crippen molar-refractivity contribution in [2.75, 3.05) is 25.4 Å². The molecule has 156 valence electrons. The van der Waals surface area contributed by atoms with Crippen LogP contribution in [0.25, 0.3) is 5.32 Å². The van der Waals surface area contributed by atoms with E-state index in [1.165, 1.54) is 12.3 Å². The van der Waals surface area contributed by atoms with E-state index in [1.54, 1.807) is 18.8 Å². The van der Waals surface area contributed by atoms with Gasteiger partial charge in [-0.15, -0.1) is 13.1 Å². The Bertz CT molecular complexity index is 287. The molecule has 0 aromatic heterocycles. The quantitative estimate of drug-likeness (QED) is 0.222. The number of halogens is 1. The van der Waals surface area contributed by atoms with Gasteiger partial charge in [-0.1, -0.05) is 0 Å². The van der Waals surface area contributed by atoms with E-state index in [1.807, 2.05) is 0 Å². The Labute approximate surface area is 177 Å². The number of hydrogen-bond acceptors (Lipinski definition) is 0. The average Bonchev–Trinajstić information content (AvgIpc) is 2.33. The first-order valence-electron chi connectivity index (χ1n) is 9.46. The maximum atomic E-state index is 4.96. The topological polar surface area (TPSA) is 14.1 Å². The van der Waals surface area contributed by atoms with Crippen molar-refractivity contribution in [2.45, 2.75) is 104 Å². The summed E-state index contributed by atoms with van der Waals surface area (Å²) in [6, 6.07) is 0. The Morgan fingerprint density at radius 3 is 0.920 bits per heavy atom. The summed E-state index contributed by atoms with van der Waals surface area (Å²) in [5, 5.41) is 6.81. The second-order valence-corrected chi connectivity index (χ2v) is 20.0. The summed E-state index contributed by atoms with van der Waals surface area (Å²) in [6.07, 6.45) is 2.65. The molecule has 0 aromatic rings. The van der Waals surface area contributed by atoms with Crippen molar-refractivity contribution in [3.8, 4) is 0 Å². The van der Waals surface area contributed by atoms with Gasteiger partial charge < -0.3 is 5.32 Å². The summed E-state index contributed by atoms with van der Waals surface area (Å²) < 4.78 is 0. The summed E-state index contributed by atoms with van der Waals surface area (Å²) in [7, 11) is 3.78. The molecule has 0 unspecified atom stereocenters. The molecule has 0 saturated heterocycles. The van der Waals surface area contributed by atoms with Crippen LogP contribution in [0.3, 0.4) is 0 Å². The summed E-state index contributed by atoms with van der Waals surface area (Å²) in [5.74, 6) is 0. The van der Waals surface area contributed by atoms with Gasteiger partial charge in [-0.25, -0.2) is 0 Å². The molecule has 0 bridgehead atoms. The average molecular weight is 593 g/mol. The fraction of sp³-hybridized carbons (Fsp3) is 1.00. The van der Waals surface area contributed by atoms with Crippen LogP contribution in [-0.2, 0) is 18.8 Å². The summed E-state index contributed by atoms with van der Waals surface area (Å²) in [4.78, 5) is 0. The van der Waals surface area contributed by atoms with Crippen LogP contribution >= 0.6 is 25.3 Å². The second kappa shape index (κ2) is 11.7. The maximum absolute atomic E-state index is 4.96. The van der Waals surface area contributed by atoms with Gasteiger partial charge in [0.25, 0.3) is 0 Å².